The number of carbonyl (C=O) groups is 2. The summed E-state index contributed by atoms with van der Waals surface area (Å²) in [6.07, 6.45) is -0.407. The van der Waals surface area contributed by atoms with Crippen LogP contribution in [0.25, 0.3) is 0 Å². The predicted molar refractivity (Wildman–Crippen MR) is 124 cm³/mol. The molecule has 0 fully saturated rings. The number of hydrazone groups is 1. The topological polar surface area (TPSA) is 112 Å². The van der Waals surface area contributed by atoms with Crippen molar-refractivity contribution in [2.45, 2.75) is 32.4 Å². The Hall–Kier alpha value is -2.94. The van der Waals surface area contributed by atoms with E-state index in [0.717, 1.165) is 11.3 Å². The molecule has 0 saturated carbocycles. The van der Waals surface area contributed by atoms with Crippen LogP contribution in [0.2, 0.25) is 5.02 Å². The Morgan fingerprint density at radius 2 is 2.00 bits per heavy atom. The SMILES string of the molecule is CC1CC(=O)NN=C1c1ccc(NC(=O)C(C)NCC(O)COc2ccccc2Cl)cc1. The summed E-state index contributed by atoms with van der Waals surface area (Å²) in [5, 5.41) is 20.6. The van der Waals surface area contributed by atoms with Gasteiger partial charge in [-0.2, -0.15) is 5.10 Å². The van der Waals surface area contributed by atoms with Crippen molar-refractivity contribution in [3.05, 3.63) is 59.1 Å². The number of amides is 2. The highest BCUT2D eigenvalue weighted by Crippen LogP contribution is 2.23. The van der Waals surface area contributed by atoms with Crippen LogP contribution in [0.3, 0.4) is 0 Å². The van der Waals surface area contributed by atoms with Gasteiger partial charge in [0, 0.05) is 24.6 Å². The number of ether oxygens (including phenoxy) is 1. The molecule has 1 aliphatic heterocycles. The molecule has 8 nitrogen and oxygen atoms in total. The van der Waals surface area contributed by atoms with E-state index < -0.39 is 12.1 Å². The fourth-order valence-electron chi connectivity index (χ4n) is 3.19. The summed E-state index contributed by atoms with van der Waals surface area (Å²) >= 11 is 6.02. The summed E-state index contributed by atoms with van der Waals surface area (Å²) in [6, 6.07) is 13.8. The molecule has 3 unspecified atom stereocenters. The van der Waals surface area contributed by atoms with E-state index in [-0.39, 0.29) is 30.9 Å². The maximum Gasteiger partial charge on any atom is 0.241 e. The Balaban J connectivity index is 1.45. The smallest absolute Gasteiger partial charge is 0.241 e. The number of rotatable bonds is 9. The first-order valence-electron chi connectivity index (χ1n) is 10.4. The number of anilines is 1. The first-order chi connectivity index (χ1) is 15.3. The third kappa shape index (κ3) is 6.53. The Labute approximate surface area is 192 Å². The van der Waals surface area contributed by atoms with Gasteiger partial charge in [-0.15, -0.1) is 0 Å². The zero-order chi connectivity index (χ0) is 23.1. The van der Waals surface area contributed by atoms with Gasteiger partial charge in [-0.3, -0.25) is 9.59 Å². The molecule has 0 radical (unpaired) electrons. The average Bonchev–Trinajstić information content (AvgIpc) is 2.77. The molecule has 0 bridgehead atoms. The van der Waals surface area contributed by atoms with Gasteiger partial charge >= 0.3 is 0 Å². The highest BCUT2D eigenvalue weighted by atomic mass is 35.5. The van der Waals surface area contributed by atoms with E-state index >= 15 is 0 Å². The number of nitrogens with one attached hydrogen (secondary N) is 3. The molecular formula is C23H27ClN4O4. The zero-order valence-corrected chi connectivity index (χ0v) is 18.7. The Morgan fingerprint density at radius 1 is 1.28 bits per heavy atom. The highest BCUT2D eigenvalue weighted by molar-refractivity contribution is 6.32. The van der Waals surface area contributed by atoms with Crippen LogP contribution >= 0.6 is 11.6 Å². The summed E-state index contributed by atoms with van der Waals surface area (Å²) in [6.45, 7) is 3.90. The van der Waals surface area contributed by atoms with Crippen molar-refractivity contribution < 1.29 is 19.4 Å². The Kier molecular flexibility index (Phi) is 8.21. The van der Waals surface area contributed by atoms with Crippen LogP contribution in [-0.2, 0) is 9.59 Å². The zero-order valence-electron chi connectivity index (χ0n) is 18.0. The second-order valence-corrected chi connectivity index (χ2v) is 8.14. The van der Waals surface area contributed by atoms with E-state index in [9.17, 15) is 14.7 Å². The van der Waals surface area contributed by atoms with E-state index in [1.54, 1.807) is 43.3 Å². The number of aliphatic hydroxyl groups excluding tert-OH is 1. The minimum atomic E-state index is -0.806. The van der Waals surface area contributed by atoms with Crippen molar-refractivity contribution in [3.63, 3.8) is 0 Å². The van der Waals surface area contributed by atoms with Crippen molar-refractivity contribution in [1.29, 1.82) is 0 Å². The van der Waals surface area contributed by atoms with Gasteiger partial charge < -0.3 is 20.5 Å². The van der Waals surface area contributed by atoms with Gasteiger partial charge in [0.15, 0.2) is 0 Å². The van der Waals surface area contributed by atoms with Crippen molar-refractivity contribution in [3.8, 4) is 5.75 Å². The maximum atomic E-state index is 12.4. The fourth-order valence-corrected chi connectivity index (χ4v) is 3.38. The molecule has 2 aromatic carbocycles. The van der Waals surface area contributed by atoms with Crippen LogP contribution in [0, 0.1) is 5.92 Å². The normalized spacial score (nSPS) is 17.7. The van der Waals surface area contributed by atoms with Crippen molar-refractivity contribution in [2.75, 3.05) is 18.5 Å². The molecular weight excluding hydrogens is 432 g/mol. The molecule has 0 aliphatic carbocycles. The molecule has 9 heteroatoms. The second kappa shape index (κ2) is 11.1. The summed E-state index contributed by atoms with van der Waals surface area (Å²) in [4.78, 5) is 23.8. The molecule has 32 heavy (non-hydrogen) atoms. The lowest BCUT2D eigenvalue weighted by Gasteiger charge is -2.20. The van der Waals surface area contributed by atoms with Crippen LogP contribution in [-0.4, -0.2) is 47.9 Å². The minimum Gasteiger partial charge on any atom is -0.489 e. The van der Waals surface area contributed by atoms with Crippen LogP contribution in [0.4, 0.5) is 5.69 Å². The lowest BCUT2D eigenvalue weighted by molar-refractivity contribution is -0.122. The Bertz CT molecular complexity index is 980. The van der Waals surface area contributed by atoms with Gasteiger partial charge in [0.05, 0.1) is 16.8 Å². The number of para-hydroxylation sites is 1. The average molecular weight is 459 g/mol. The highest BCUT2D eigenvalue weighted by Gasteiger charge is 2.21. The number of halogens is 1. The number of nitrogens with zero attached hydrogens (tertiary/aromatic N) is 1. The van der Waals surface area contributed by atoms with Gasteiger partial charge in [0.25, 0.3) is 0 Å². The molecule has 4 N–H and O–H groups in total. The first-order valence-corrected chi connectivity index (χ1v) is 10.8. The van der Waals surface area contributed by atoms with Crippen LogP contribution in [0.15, 0.2) is 53.6 Å². The quantitative estimate of drug-likeness (QED) is 0.461. The molecule has 1 heterocycles. The minimum absolute atomic E-state index is 0.0294. The molecule has 2 aromatic rings. The van der Waals surface area contributed by atoms with Crippen molar-refractivity contribution >= 4 is 34.8 Å². The molecule has 170 valence electrons. The summed E-state index contributed by atoms with van der Waals surface area (Å²) in [7, 11) is 0. The van der Waals surface area contributed by atoms with Crippen LogP contribution in [0.1, 0.15) is 25.8 Å². The van der Waals surface area contributed by atoms with E-state index in [4.69, 9.17) is 16.3 Å². The third-order valence-electron chi connectivity index (χ3n) is 5.03. The number of benzene rings is 2. The van der Waals surface area contributed by atoms with Gasteiger partial charge in [-0.05, 0) is 36.8 Å². The summed E-state index contributed by atoms with van der Waals surface area (Å²) in [5.41, 5.74) is 4.85. The number of hydrogen-bond donors (Lipinski definition) is 4. The van der Waals surface area contributed by atoms with Crippen molar-refractivity contribution in [1.82, 2.24) is 10.7 Å². The largest absolute Gasteiger partial charge is 0.489 e. The maximum absolute atomic E-state index is 12.4. The van der Waals surface area contributed by atoms with Gasteiger partial charge in [0.1, 0.15) is 18.5 Å². The number of hydrogen-bond acceptors (Lipinski definition) is 6. The number of carbonyl (C=O) groups excluding carboxylic acids is 2. The van der Waals surface area contributed by atoms with Gasteiger partial charge in [0.2, 0.25) is 11.8 Å². The monoisotopic (exact) mass is 458 g/mol. The summed E-state index contributed by atoms with van der Waals surface area (Å²) < 4.78 is 5.51. The molecule has 3 rings (SSSR count). The van der Waals surface area contributed by atoms with E-state index in [0.29, 0.717) is 22.9 Å². The third-order valence-corrected chi connectivity index (χ3v) is 5.34. The van der Waals surface area contributed by atoms with Crippen LogP contribution in [0.5, 0.6) is 5.75 Å². The number of aliphatic hydroxyl groups is 1. The predicted octanol–water partition coefficient (Wildman–Crippen LogP) is 2.56. The van der Waals surface area contributed by atoms with Gasteiger partial charge in [-0.1, -0.05) is 42.8 Å². The lowest BCUT2D eigenvalue weighted by Crippen LogP contribution is -2.43. The molecule has 0 spiro atoms. The van der Waals surface area contributed by atoms with Crippen molar-refractivity contribution in [2.24, 2.45) is 11.0 Å². The van der Waals surface area contributed by atoms with E-state index in [1.807, 2.05) is 19.1 Å². The second-order valence-electron chi connectivity index (χ2n) is 7.73. The fraction of sp³-hybridized carbons (Fsp3) is 0.348. The molecule has 3 atom stereocenters. The van der Waals surface area contributed by atoms with Gasteiger partial charge in [-0.25, -0.2) is 5.43 Å². The lowest BCUT2D eigenvalue weighted by atomic mass is 9.94. The summed E-state index contributed by atoms with van der Waals surface area (Å²) in [5.74, 6) is 0.208. The van der Waals surface area contributed by atoms with E-state index in [1.165, 1.54) is 0 Å². The molecule has 0 aromatic heterocycles. The molecule has 1 aliphatic rings. The standard InChI is InChI=1S/C23H27ClN4O4/c1-14-11-21(30)27-28-22(14)16-7-9-17(10-8-16)26-23(31)15(2)25-12-18(29)13-32-20-6-4-3-5-19(20)24/h3-10,14-15,18,25,29H,11-13H2,1-2H3,(H,26,31)(H,27,30). The van der Waals surface area contributed by atoms with E-state index in [2.05, 4.69) is 21.2 Å². The van der Waals surface area contributed by atoms with Crippen LogP contribution < -0.4 is 20.8 Å². The molecule has 0 saturated heterocycles. The first kappa shape index (κ1) is 23.7. The Morgan fingerprint density at radius 3 is 2.69 bits per heavy atom. The molecule has 2 amide bonds.